The highest BCUT2D eigenvalue weighted by Gasteiger charge is 2.17. The molecule has 1 aliphatic heterocycles. The number of rotatable bonds is 6. The summed E-state index contributed by atoms with van der Waals surface area (Å²) in [6.45, 7) is 4.87. The topological polar surface area (TPSA) is 49.8 Å². The number of nitrogens with zero attached hydrogens (tertiary/aromatic N) is 1. The zero-order chi connectivity index (χ0) is 19.2. The summed E-state index contributed by atoms with van der Waals surface area (Å²) in [6, 6.07) is 11.3. The molecule has 2 aromatic carbocycles. The van der Waals surface area contributed by atoms with Crippen molar-refractivity contribution in [3.05, 3.63) is 64.7 Å². The smallest absolute Gasteiger partial charge is 0.189 e. The number of carbonyl (C=O) groups excluding carboxylic acids is 1. The molecule has 0 bridgehead atoms. The Kier molecular flexibility index (Phi) is 6.30. The molecular weight excluding hydrogens is 338 g/mol. The Balaban J connectivity index is 1.81. The standard InChI is InChI=1S/C23H27NO3/c1-17-6-8-18(9-7-17)10-11-21(25)20-14-19(23(27-2)15-22(20)26)16-24-12-4-3-5-13-24/h6-11,14-15,26H,3-5,12-13,16H2,1-2H3/b11-10+. The number of ketones is 1. The van der Waals surface area contributed by atoms with E-state index in [-0.39, 0.29) is 11.5 Å². The second kappa shape index (κ2) is 8.87. The Morgan fingerprint density at radius 3 is 2.52 bits per heavy atom. The van der Waals surface area contributed by atoms with Crippen LogP contribution in [0.25, 0.3) is 6.08 Å². The first-order valence-corrected chi connectivity index (χ1v) is 9.48. The van der Waals surface area contributed by atoms with Gasteiger partial charge in [-0.2, -0.15) is 0 Å². The summed E-state index contributed by atoms with van der Waals surface area (Å²) < 4.78 is 5.43. The van der Waals surface area contributed by atoms with E-state index in [2.05, 4.69) is 4.90 Å². The number of ether oxygens (including phenoxy) is 1. The fourth-order valence-corrected chi connectivity index (χ4v) is 3.42. The van der Waals surface area contributed by atoms with Gasteiger partial charge >= 0.3 is 0 Å². The first-order valence-electron chi connectivity index (χ1n) is 9.48. The molecule has 1 aliphatic rings. The van der Waals surface area contributed by atoms with Crippen LogP contribution in [0.2, 0.25) is 0 Å². The van der Waals surface area contributed by atoms with Gasteiger partial charge in [-0.25, -0.2) is 0 Å². The Bertz CT molecular complexity index is 818. The zero-order valence-electron chi connectivity index (χ0n) is 16.1. The van der Waals surface area contributed by atoms with E-state index in [0.717, 1.165) is 30.8 Å². The molecule has 142 valence electrons. The van der Waals surface area contributed by atoms with Crippen molar-refractivity contribution in [1.82, 2.24) is 4.90 Å². The molecule has 1 fully saturated rings. The lowest BCUT2D eigenvalue weighted by Crippen LogP contribution is -2.29. The highest BCUT2D eigenvalue weighted by Crippen LogP contribution is 2.30. The van der Waals surface area contributed by atoms with E-state index >= 15 is 0 Å². The zero-order valence-corrected chi connectivity index (χ0v) is 16.1. The third-order valence-corrected chi connectivity index (χ3v) is 5.01. The van der Waals surface area contributed by atoms with Crippen LogP contribution >= 0.6 is 0 Å². The van der Waals surface area contributed by atoms with E-state index in [1.165, 1.54) is 30.9 Å². The second-order valence-corrected chi connectivity index (χ2v) is 7.13. The molecule has 0 radical (unpaired) electrons. The number of allylic oxidation sites excluding steroid dienone is 1. The quantitative estimate of drug-likeness (QED) is 0.601. The van der Waals surface area contributed by atoms with Gasteiger partial charge in [-0.1, -0.05) is 42.3 Å². The molecule has 4 nitrogen and oxygen atoms in total. The molecule has 1 saturated heterocycles. The minimum Gasteiger partial charge on any atom is -0.507 e. The maximum absolute atomic E-state index is 12.6. The summed E-state index contributed by atoms with van der Waals surface area (Å²) in [4.78, 5) is 15.0. The fourth-order valence-electron chi connectivity index (χ4n) is 3.42. The first-order chi connectivity index (χ1) is 13.1. The normalized spacial score (nSPS) is 15.2. The molecule has 1 heterocycles. The molecule has 1 N–H and O–H groups in total. The molecule has 0 atom stereocenters. The first kappa shape index (κ1) is 19.2. The molecular formula is C23H27NO3. The Hall–Kier alpha value is -2.59. The molecule has 2 aromatic rings. The minimum atomic E-state index is -0.212. The average molecular weight is 365 g/mol. The third-order valence-electron chi connectivity index (χ3n) is 5.01. The van der Waals surface area contributed by atoms with Crippen molar-refractivity contribution in [3.8, 4) is 11.5 Å². The van der Waals surface area contributed by atoms with Crippen molar-refractivity contribution < 1.29 is 14.6 Å². The van der Waals surface area contributed by atoms with Gasteiger partial charge in [0.25, 0.3) is 0 Å². The van der Waals surface area contributed by atoms with Gasteiger partial charge in [-0.05, 0) is 50.6 Å². The van der Waals surface area contributed by atoms with Crippen molar-refractivity contribution >= 4 is 11.9 Å². The van der Waals surface area contributed by atoms with Crippen LogP contribution in [0.3, 0.4) is 0 Å². The van der Waals surface area contributed by atoms with Crippen LogP contribution in [-0.4, -0.2) is 36.0 Å². The van der Waals surface area contributed by atoms with Gasteiger partial charge in [0.2, 0.25) is 0 Å². The van der Waals surface area contributed by atoms with E-state index < -0.39 is 0 Å². The predicted molar refractivity (Wildman–Crippen MR) is 108 cm³/mol. The van der Waals surface area contributed by atoms with Crippen molar-refractivity contribution in [2.75, 3.05) is 20.2 Å². The highest BCUT2D eigenvalue weighted by atomic mass is 16.5. The van der Waals surface area contributed by atoms with Gasteiger partial charge in [0.15, 0.2) is 5.78 Å². The summed E-state index contributed by atoms with van der Waals surface area (Å²) in [7, 11) is 1.59. The van der Waals surface area contributed by atoms with E-state index in [1.807, 2.05) is 31.2 Å². The summed E-state index contributed by atoms with van der Waals surface area (Å²) in [5.74, 6) is 0.362. The van der Waals surface area contributed by atoms with Crippen molar-refractivity contribution in [1.29, 1.82) is 0 Å². The van der Waals surface area contributed by atoms with E-state index in [4.69, 9.17) is 4.74 Å². The number of methoxy groups -OCH3 is 1. The number of phenolic OH excluding ortho intramolecular Hbond substituents is 1. The largest absolute Gasteiger partial charge is 0.507 e. The fraction of sp³-hybridized carbons (Fsp3) is 0.348. The van der Waals surface area contributed by atoms with E-state index in [0.29, 0.717) is 11.3 Å². The Morgan fingerprint density at radius 2 is 1.85 bits per heavy atom. The monoisotopic (exact) mass is 365 g/mol. The number of piperidine rings is 1. The lowest BCUT2D eigenvalue weighted by molar-refractivity contribution is 0.104. The lowest BCUT2D eigenvalue weighted by atomic mass is 10.0. The SMILES string of the molecule is COc1cc(O)c(C(=O)/C=C/c2ccc(C)cc2)cc1CN1CCCCC1. The lowest BCUT2D eigenvalue weighted by Gasteiger charge is -2.27. The number of likely N-dealkylation sites (tertiary alicyclic amines) is 1. The summed E-state index contributed by atoms with van der Waals surface area (Å²) in [5, 5.41) is 10.3. The van der Waals surface area contributed by atoms with Crippen LogP contribution in [0.1, 0.15) is 46.3 Å². The molecule has 0 unspecified atom stereocenters. The maximum atomic E-state index is 12.6. The molecule has 27 heavy (non-hydrogen) atoms. The van der Waals surface area contributed by atoms with Crippen LogP contribution in [0.4, 0.5) is 0 Å². The van der Waals surface area contributed by atoms with Crippen LogP contribution in [0.5, 0.6) is 11.5 Å². The van der Waals surface area contributed by atoms with Crippen molar-refractivity contribution in [3.63, 3.8) is 0 Å². The van der Waals surface area contributed by atoms with Crippen LogP contribution in [-0.2, 0) is 6.54 Å². The van der Waals surface area contributed by atoms with Crippen LogP contribution in [0, 0.1) is 6.92 Å². The van der Waals surface area contributed by atoms with Crippen molar-refractivity contribution in [2.45, 2.75) is 32.7 Å². The van der Waals surface area contributed by atoms with Crippen molar-refractivity contribution in [2.24, 2.45) is 0 Å². The van der Waals surface area contributed by atoms with E-state index in [1.54, 1.807) is 25.3 Å². The van der Waals surface area contributed by atoms with Gasteiger partial charge in [-0.15, -0.1) is 0 Å². The number of phenols is 1. The minimum absolute atomic E-state index is 0.0483. The molecule has 4 heteroatoms. The second-order valence-electron chi connectivity index (χ2n) is 7.13. The molecule has 0 amide bonds. The van der Waals surface area contributed by atoms with Gasteiger partial charge in [0, 0.05) is 18.2 Å². The Labute approximate surface area is 161 Å². The third kappa shape index (κ3) is 4.98. The molecule has 0 spiro atoms. The number of hydrogen-bond acceptors (Lipinski definition) is 4. The molecule has 0 aliphatic carbocycles. The average Bonchev–Trinajstić information content (AvgIpc) is 2.69. The Morgan fingerprint density at radius 1 is 1.15 bits per heavy atom. The van der Waals surface area contributed by atoms with Gasteiger partial charge in [0.1, 0.15) is 11.5 Å². The summed E-state index contributed by atoms with van der Waals surface area (Å²) in [5.41, 5.74) is 3.37. The van der Waals surface area contributed by atoms with Gasteiger partial charge < -0.3 is 9.84 Å². The maximum Gasteiger partial charge on any atom is 0.189 e. The summed E-state index contributed by atoms with van der Waals surface area (Å²) >= 11 is 0. The number of aryl methyl sites for hydroxylation is 1. The number of benzene rings is 2. The van der Waals surface area contributed by atoms with Crippen LogP contribution in [0.15, 0.2) is 42.5 Å². The molecule has 0 aromatic heterocycles. The number of aromatic hydroxyl groups is 1. The molecule has 3 rings (SSSR count). The van der Waals surface area contributed by atoms with E-state index in [9.17, 15) is 9.90 Å². The molecule has 0 saturated carbocycles. The summed E-state index contributed by atoms with van der Waals surface area (Å²) in [6.07, 6.45) is 6.96. The number of carbonyl (C=O) groups is 1. The van der Waals surface area contributed by atoms with Crippen LogP contribution < -0.4 is 4.74 Å². The highest BCUT2D eigenvalue weighted by molar-refractivity contribution is 6.08. The number of hydrogen-bond donors (Lipinski definition) is 1. The predicted octanol–water partition coefficient (Wildman–Crippen LogP) is 4.59. The van der Waals surface area contributed by atoms with Gasteiger partial charge in [0.05, 0.1) is 12.7 Å². The van der Waals surface area contributed by atoms with Gasteiger partial charge in [-0.3, -0.25) is 9.69 Å².